The summed E-state index contributed by atoms with van der Waals surface area (Å²) in [4.78, 5) is 12.5. The Hall–Kier alpha value is -3.10. The Kier molecular flexibility index (Phi) is 6.28. The minimum Gasteiger partial charge on any atom is -0.497 e. The number of nitrogens with one attached hydrogen (secondary N) is 1. The van der Waals surface area contributed by atoms with Crippen LogP contribution in [0.3, 0.4) is 0 Å². The van der Waals surface area contributed by atoms with E-state index in [9.17, 15) is 13.2 Å². The molecule has 0 aromatic heterocycles. The van der Waals surface area contributed by atoms with E-state index >= 15 is 0 Å². The van der Waals surface area contributed by atoms with Crippen molar-refractivity contribution in [3.05, 3.63) is 60.2 Å². The predicted molar refractivity (Wildman–Crippen MR) is 114 cm³/mol. The molecule has 0 aliphatic rings. The van der Waals surface area contributed by atoms with Crippen molar-refractivity contribution >= 4 is 26.8 Å². The average Bonchev–Trinajstić information content (AvgIpc) is 2.71. The van der Waals surface area contributed by atoms with Crippen LogP contribution < -0.4 is 18.9 Å². The van der Waals surface area contributed by atoms with E-state index in [0.717, 1.165) is 10.8 Å². The van der Waals surface area contributed by atoms with Crippen molar-refractivity contribution in [2.45, 2.75) is 24.8 Å². The maximum atomic E-state index is 12.7. The summed E-state index contributed by atoms with van der Waals surface area (Å²) in [5, 5.41) is 1.81. The van der Waals surface area contributed by atoms with Gasteiger partial charge in [0.05, 0.1) is 19.8 Å². The van der Waals surface area contributed by atoms with Crippen LogP contribution in [-0.2, 0) is 10.0 Å². The standard InChI is InChI=1S/C22H23NO6S/c1-14(2)23-30(25,26)21-13-16(7-10-20(21)28-4)22(24)29-19-9-6-15-5-8-18(27-3)11-17(15)12-19/h5-14,23H,1-4H3. The van der Waals surface area contributed by atoms with Crippen LogP contribution in [0.5, 0.6) is 17.2 Å². The topological polar surface area (TPSA) is 90.9 Å². The van der Waals surface area contributed by atoms with Crippen molar-refractivity contribution in [1.29, 1.82) is 0 Å². The van der Waals surface area contributed by atoms with Crippen LogP contribution in [-0.4, -0.2) is 34.6 Å². The number of hydrogen-bond acceptors (Lipinski definition) is 6. The second-order valence-electron chi connectivity index (χ2n) is 6.91. The largest absolute Gasteiger partial charge is 0.497 e. The molecule has 1 N–H and O–H groups in total. The minimum absolute atomic E-state index is 0.0886. The summed E-state index contributed by atoms with van der Waals surface area (Å²) in [6.07, 6.45) is 0. The Morgan fingerprint density at radius 3 is 2.17 bits per heavy atom. The van der Waals surface area contributed by atoms with Crippen LogP contribution >= 0.6 is 0 Å². The number of esters is 1. The smallest absolute Gasteiger partial charge is 0.343 e. The van der Waals surface area contributed by atoms with Gasteiger partial charge in [0.2, 0.25) is 10.0 Å². The van der Waals surface area contributed by atoms with E-state index in [1.165, 1.54) is 25.3 Å². The van der Waals surface area contributed by atoms with Crippen molar-refractivity contribution in [2.24, 2.45) is 0 Å². The van der Waals surface area contributed by atoms with Crippen LogP contribution in [0, 0.1) is 0 Å². The van der Waals surface area contributed by atoms with Crippen LogP contribution in [0.25, 0.3) is 10.8 Å². The van der Waals surface area contributed by atoms with Gasteiger partial charge in [-0.25, -0.2) is 17.9 Å². The Morgan fingerprint density at radius 1 is 0.867 bits per heavy atom. The fraction of sp³-hybridized carbons (Fsp3) is 0.227. The van der Waals surface area contributed by atoms with Gasteiger partial charge < -0.3 is 14.2 Å². The Labute approximate surface area is 175 Å². The molecule has 0 atom stereocenters. The summed E-state index contributed by atoms with van der Waals surface area (Å²) >= 11 is 0. The van der Waals surface area contributed by atoms with Gasteiger partial charge in [0.25, 0.3) is 0 Å². The first-order chi connectivity index (χ1) is 14.2. The molecule has 0 saturated carbocycles. The summed E-state index contributed by atoms with van der Waals surface area (Å²) in [5.41, 5.74) is 0.0886. The molecule has 0 aliphatic heterocycles. The number of carbonyl (C=O) groups is 1. The molecule has 158 valence electrons. The maximum Gasteiger partial charge on any atom is 0.343 e. The minimum atomic E-state index is -3.86. The van der Waals surface area contributed by atoms with Crippen molar-refractivity contribution in [3.8, 4) is 17.2 Å². The monoisotopic (exact) mass is 429 g/mol. The van der Waals surface area contributed by atoms with Gasteiger partial charge in [0, 0.05) is 6.04 Å². The average molecular weight is 429 g/mol. The van der Waals surface area contributed by atoms with Gasteiger partial charge in [-0.1, -0.05) is 12.1 Å². The zero-order valence-corrected chi connectivity index (χ0v) is 17.9. The molecule has 0 spiro atoms. The number of ether oxygens (including phenoxy) is 3. The summed E-state index contributed by atoms with van der Waals surface area (Å²) in [7, 11) is -0.920. The van der Waals surface area contributed by atoms with E-state index in [0.29, 0.717) is 11.5 Å². The zero-order chi connectivity index (χ0) is 21.9. The molecule has 3 rings (SSSR count). The van der Waals surface area contributed by atoms with Gasteiger partial charge in [-0.2, -0.15) is 0 Å². The third-order valence-corrected chi connectivity index (χ3v) is 5.99. The summed E-state index contributed by atoms with van der Waals surface area (Å²) in [6.45, 7) is 3.41. The molecule has 0 heterocycles. The lowest BCUT2D eigenvalue weighted by atomic mass is 10.1. The molecular formula is C22H23NO6S. The number of rotatable bonds is 7. The summed E-state index contributed by atoms with van der Waals surface area (Å²) in [6, 6.07) is 14.6. The highest BCUT2D eigenvalue weighted by Crippen LogP contribution is 2.28. The van der Waals surface area contributed by atoms with E-state index in [-0.39, 0.29) is 22.3 Å². The molecule has 0 fully saturated rings. The molecule has 0 aliphatic carbocycles. The third-order valence-electron chi connectivity index (χ3n) is 4.31. The molecule has 0 saturated heterocycles. The van der Waals surface area contributed by atoms with Crippen molar-refractivity contribution in [2.75, 3.05) is 14.2 Å². The first kappa shape index (κ1) is 21.6. The van der Waals surface area contributed by atoms with Crippen molar-refractivity contribution < 1.29 is 27.4 Å². The van der Waals surface area contributed by atoms with Gasteiger partial charge in [-0.15, -0.1) is 0 Å². The number of hydrogen-bond donors (Lipinski definition) is 1. The predicted octanol–water partition coefficient (Wildman–Crippen LogP) is 3.76. The van der Waals surface area contributed by atoms with Gasteiger partial charge in [-0.05, 0) is 67.1 Å². The number of sulfonamides is 1. The van der Waals surface area contributed by atoms with Gasteiger partial charge in [0.1, 0.15) is 22.1 Å². The number of benzene rings is 3. The van der Waals surface area contributed by atoms with Gasteiger partial charge in [-0.3, -0.25) is 0 Å². The number of fused-ring (bicyclic) bond motifs is 1. The van der Waals surface area contributed by atoms with Gasteiger partial charge >= 0.3 is 5.97 Å². The molecule has 30 heavy (non-hydrogen) atoms. The molecule has 0 amide bonds. The SMILES string of the molecule is COc1ccc2ccc(OC(=O)c3ccc(OC)c(S(=O)(=O)NC(C)C)c3)cc2c1. The Bertz CT molecular complexity index is 1190. The molecule has 0 radical (unpaired) electrons. The molecule has 7 nitrogen and oxygen atoms in total. The van der Waals surface area contributed by atoms with E-state index in [1.807, 2.05) is 24.3 Å². The fourth-order valence-electron chi connectivity index (χ4n) is 2.95. The quantitative estimate of drug-likeness (QED) is 0.454. The second-order valence-corrected chi connectivity index (χ2v) is 8.59. The maximum absolute atomic E-state index is 12.7. The first-order valence-electron chi connectivity index (χ1n) is 9.24. The van der Waals surface area contributed by atoms with E-state index in [1.54, 1.807) is 33.1 Å². The van der Waals surface area contributed by atoms with Gasteiger partial charge in [0.15, 0.2) is 0 Å². The van der Waals surface area contributed by atoms with Crippen molar-refractivity contribution in [1.82, 2.24) is 4.72 Å². The lowest BCUT2D eigenvalue weighted by Crippen LogP contribution is -2.30. The Balaban J connectivity index is 1.92. The molecule has 0 bridgehead atoms. The highest BCUT2D eigenvalue weighted by molar-refractivity contribution is 7.89. The van der Waals surface area contributed by atoms with Crippen LogP contribution in [0.2, 0.25) is 0 Å². The zero-order valence-electron chi connectivity index (χ0n) is 17.1. The lowest BCUT2D eigenvalue weighted by Gasteiger charge is -2.14. The Morgan fingerprint density at radius 2 is 1.53 bits per heavy atom. The summed E-state index contributed by atoms with van der Waals surface area (Å²) in [5.74, 6) is 0.480. The molecule has 3 aromatic rings. The number of methoxy groups -OCH3 is 2. The third kappa shape index (κ3) is 4.72. The fourth-order valence-corrected chi connectivity index (χ4v) is 4.39. The molecule has 8 heteroatoms. The van der Waals surface area contributed by atoms with Crippen LogP contribution in [0.4, 0.5) is 0 Å². The number of carbonyl (C=O) groups excluding carboxylic acids is 1. The van der Waals surface area contributed by atoms with Crippen molar-refractivity contribution in [3.63, 3.8) is 0 Å². The molecular weight excluding hydrogens is 406 g/mol. The molecule has 0 unspecified atom stereocenters. The van der Waals surface area contributed by atoms with Crippen LogP contribution in [0.15, 0.2) is 59.5 Å². The van der Waals surface area contributed by atoms with E-state index in [2.05, 4.69) is 4.72 Å². The summed E-state index contributed by atoms with van der Waals surface area (Å²) < 4.78 is 43.5. The first-order valence-corrected chi connectivity index (χ1v) is 10.7. The lowest BCUT2D eigenvalue weighted by molar-refractivity contribution is 0.0734. The molecule has 3 aromatic carbocycles. The highest BCUT2D eigenvalue weighted by Gasteiger charge is 2.23. The van der Waals surface area contributed by atoms with E-state index < -0.39 is 16.0 Å². The normalized spacial score (nSPS) is 11.5. The highest BCUT2D eigenvalue weighted by atomic mass is 32.2. The second kappa shape index (κ2) is 8.73. The van der Waals surface area contributed by atoms with E-state index in [4.69, 9.17) is 14.2 Å². The van der Waals surface area contributed by atoms with Crippen LogP contribution in [0.1, 0.15) is 24.2 Å².